The predicted molar refractivity (Wildman–Crippen MR) is 93.7 cm³/mol. The second-order valence-corrected chi connectivity index (χ2v) is 6.58. The van der Waals surface area contributed by atoms with E-state index < -0.39 is 0 Å². The molecular weight excluding hydrogens is 334 g/mol. The maximum atomic E-state index is 11.9. The molecule has 0 spiro atoms. The lowest BCUT2D eigenvalue weighted by molar-refractivity contribution is -0.121. The largest absolute Gasteiger partial charge is 0.443 e. The third kappa shape index (κ3) is 5.34. The van der Waals surface area contributed by atoms with Crippen LogP contribution >= 0.6 is 23.7 Å². The van der Waals surface area contributed by atoms with Crippen LogP contribution < -0.4 is 10.6 Å². The fraction of sp³-hybridized carbons (Fsp3) is 0.500. The Morgan fingerprint density at radius 3 is 3.00 bits per heavy atom. The second-order valence-electron chi connectivity index (χ2n) is 5.63. The number of thiophene rings is 1. The summed E-state index contributed by atoms with van der Waals surface area (Å²) in [6.45, 7) is 2.59. The topological polar surface area (TPSA) is 67.2 Å². The highest BCUT2D eigenvalue weighted by atomic mass is 35.5. The molecule has 1 fully saturated rings. The first-order valence-corrected chi connectivity index (χ1v) is 8.65. The number of nitrogens with zero attached hydrogens (tertiary/aromatic N) is 1. The first-order valence-electron chi connectivity index (χ1n) is 7.77. The lowest BCUT2D eigenvalue weighted by Gasteiger charge is -2.22. The summed E-state index contributed by atoms with van der Waals surface area (Å²) >= 11 is 1.59. The maximum absolute atomic E-state index is 11.9. The highest BCUT2D eigenvalue weighted by molar-refractivity contribution is 7.13. The zero-order valence-corrected chi connectivity index (χ0v) is 14.5. The number of halogens is 1. The molecule has 5 nitrogen and oxygen atoms in total. The molecule has 0 saturated carbocycles. The van der Waals surface area contributed by atoms with Gasteiger partial charge < -0.3 is 15.1 Å². The molecule has 1 amide bonds. The normalized spacial score (nSPS) is 15.1. The minimum absolute atomic E-state index is 0. The average Bonchev–Trinajstić information content (AvgIpc) is 3.22. The van der Waals surface area contributed by atoms with Gasteiger partial charge in [0.1, 0.15) is 6.26 Å². The zero-order chi connectivity index (χ0) is 15.2. The van der Waals surface area contributed by atoms with E-state index in [1.807, 2.05) is 17.5 Å². The van der Waals surface area contributed by atoms with E-state index in [2.05, 4.69) is 15.6 Å². The summed E-state index contributed by atoms with van der Waals surface area (Å²) in [5.74, 6) is 1.40. The molecule has 7 heteroatoms. The van der Waals surface area contributed by atoms with Crippen LogP contribution in [0.25, 0.3) is 10.8 Å². The van der Waals surface area contributed by atoms with Crippen LogP contribution in [0.1, 0.15) is 31.4 Å². The van der Waals surface area contributed by atoms with Crippen molar-refractivity contribution in [2.45, 2.75) is 32.2 Å². The predicted octanol–water partition coefficient (Wildman–Crippen LogP) is 3.22. The Hall–Kier alpha value is -1.37. The number of carbonyl (C=O) groups is 1. The molecule has 0 bridgehead atoms. The van der Waals surface area contributed by atoms with Gasteiger partial charge in [0.05, 0.1) is 17.1 Å². The number of amides is 1. The van der Waals surface area contributed by atoms with Gasteiger partial charge in [0, 0.05) is 6.42 Å². The molecule has 1 saturated heterocycles. The van der Waals surface area contributed by atoms with Gasteiger partial charge in [-0.15, -0.1) is 23.7 Å². The van der Waals surface area contributed by atoms with Gasteiger partial charge in [-0.2, -0.15) is 0 Å². The molecule has 0 unspecified atom stereocenters. The molecule has 0 atom stereocenters. The summed E-state index contributed by atoms with van der Waals surface area (Å²) in [7, 11) is 0. The standard InChI is InChI=1S/C16H21N3O2S.ClH/c20-15(4-3-12-5-7-17-8-6-12)18-10-13-11-21-16(19-13)14-2-1-9-22-14;/h1-2,9,11-12,17H,3-8,10H2,(H,18,20);1H. The van der Waals surface area contributed by atoms with Crippen LogP contribution in [0.2, 0.25) is 0 Å². The molecule has 0 aliphatic carbocycles. The molecule has 0 radical (unpaired) electrons. The van der Waals surface area contributed by atoms with Crippen LogP contribution in [-0.2, 0) is 11.3 Å². The number of rotatable bonds is 6. The van der Waals surface area contributed by atoms with Crippen molar-refractivity contribution in [3.05, 3.63) is 29.5 Å². The van der Waals surface area contributed by atoms with Crippen molar-refractivity contribution in [2.75, 3.05) is 13.1 Å². The average molecular weight is 356 g/mol. The highest BCUT2D eigenvalue weighted by Gasteiger charge is 2.14. The van der Waals surface area contributed by atoms with Gasteiger partial charge in [-0.25, -0.2) is 4.98 Å². The molecule has 3 rings (SSSR count). The Labute approximate surface area is 146 Å². The van der Waals surface area contributed by atoms with Gasteiger partial charge in [-0.1, -0.05) is 6.07 Å². The second kappa shape index (κ2) is 9.05. The van der Waals surface area contributed by atoms with Gasteiger partial charge >= 0.3 is 0 Å². The van der Waals surface area contributed by atoms with Crippen LogP contribution in [0.5, 0.6) is 0 Å². The lowest BCUT2D eigenvalue weighted by atomic mass is 9.93. The summed E-state index contributed by atoms with van der Waals surface area (Å²) < 4.78 is 5.44. The maximum Gasteiger partial charge on any atom is 0.236 e. The van der Waals surface area contributed by atoms with Gasteiger partial charge in [-0.05, 0) is 49.7 Å². The Morgan fingerprint density at radius 2 is 2.26 bits per heavy atom. The minimum atomic E-state index is 0. The van der Waals surface area contributed by atoms with E-state index in [9.17, 15) is 4.79 Å². The number of carbonyl (C=O) groups excluding carboxylic acids is 1. The summed E-state index contributed by atoms with van der Waals surface area (Å²) in [6.07, 6.45) is 5.55. The first-order chi connectivity index (χ1) is 10.8. The van der Waals surface area contributed by atoms with Crippen LogP contribution in [0.15, 0.2) is 28.2 Å². The fourth-order valence-electron chi connectivity index (χ4n) is 2.68. The fourth-order valence-corrected chi connectivity index (χ4v) is 3.34. The van der Waals surface area contributed by atoms with E-state index >= 15 is 0 Å². The SMILES string of the molecule is Cl.O=C(CCC1CCNCC1)NCc1coc(-c2cccs2)n1. The van der Waals surface area contributed by atoms with Crippen LogP contribution in [0.4, 0.5) is 0 Å². The third-order valence-electron chi connectivity index (χ3n) is 3.99. The molecule has 2 aromatic heterocycles. The van der Waals surface area contributed by atoms with Crippen molar-refractivity contribution in [3.8, 4) is 10.8 Å². The van der Waals surface area contributed by atoms with Gasteiger partial charge in [-0.3, -0.25) is 4.79 Å². The monoisotopic (exact) mass is 355 g/mol. The van der Waals surface area contributed by atoms with E-state index in [-0.39, 0.29) is 18.3 Å². The van der Waals surface area contributed by atoms with Gasteiger partial charge in [0.25, 0.3) is 0 Å². The molecular formula is C16H22ClN3O2S. The van der Waals surface area contributed by atoms with Crippen LogP contribution in [-0.4, -0.2) is 24.0 Å². The van der Waals surface area contributed by atoms with Crippen molar-refractivity contribution < 1.29 is 9.21 Å². The van der Waals surface area contributed by atoms with Crippen molar-refractivity contribution in [2.24, 2.45) is 5.92 Å². The van der Waals surface area contributed by atoms with E-state index in [1.165, 1.54) is 12.8 Å². The quantitative estimate of drug-likeness (QED) is 0.834. The molecule has 126 valence electrons. The molecule has 1 aliphatic rings. The Kier molecular flexibility index (Phi) is 7.08. The molecule has 23 heavy (non-hydrogen) atoms. The van der Waals surface area contributed by atoms with Crippen molar-refractivity contribution in [3.63, 3.8) is 0 Å². The Bertz CT molecular complexity index is 594. The van der Waals surface area contributed by atoms with E-state index in [0.29, 0.717) is 24.8 Å². The van der Waals surface area contributed by atoms with Crippen molar-refractivity contribution in [1.82, 2.24) is 15.6 Å². The van der Waals surface area contributed by atoms with Crippen LogP contribution in [0, 0.1) is 5.92 Å². The summed E-state index contributed by atoms with van der Waals surface area (Å²) in [5, 5.41) is 8.26. The molecule has 2 aromatic rings. The number of piperidine rings is 1. The Balaban J connectivity index is 0.00000192. The van der Waals surface area contributed by atoms with E-state index in [1.54, 1.807) is 17.6 Å². The van der Waals surface area contributed by atoms with Crippen LogP contribution in [0.3, 0.4) is 0 Å². The number of hydrogen-bond acceptors (Lipinski definition) is 5. The molecule has 3 heterocycles. The first kappa shape index (κ1) is 18.0. The third-order valence-corrected chi connectivity index (χ3v) is 4.85. The molecule has 2 N–H and O–H groups in total. The smallest absolute Gasteiger partial charge is 0.236 e. The lowest BCUT2D eigenvalue weighted by Crippen LogP contribution is -2.29. The number of aromatic nitrogens is 1. The number of nitrogens with one attached hydrogen (secondary N) is 2. The molecule has 0 aromatic carbocycles. The van der Waals surface area contributed by atoms with E-state index in [4.69, 9.17) is 4.42 Å². The Morgan fingerprint density at radius 1 is 1.43 bits per heavy atom. The highest BCUT2D eigenvalue weighted by Crippen LogP contribution is 2.23. The summed E-state index contributed by atoms with van der Waals surface area (Å²) in [6, 6.07) is 3.93. The summed E-state index contributed by atoms with van der Waals surface area (Å²) in [4.78, 5) is 17.3. The van der Waals surface area contributed by atoms with Crippen molar-refractivity contribution >= 4 is 29.7 Å². The minimum Gasteiger partial charge on any atom is -0.443 e. The van der Waals surface area contributed by atoms with Gasteiger partial charge in [0.15, 0.2) is 0 Å². The zero-order valence-electron chi connectivity index (χ0n) is 12.9. The number of hydrogen-bond donors (Lipinski definition) is 2. The van der Waals surface area contributed by atoms with Gasteiger partial charge in [0.2, 0.25) is 11.8 Å². The van der Waals surface area contributed by atoms with E-state index in [0.717, 1.165) is 30.1 Å². The summed E-state index contributed by atoms with van der Waals surface area (Å²) in [5.41, 5.74) is 0.763. The van der Waals surface area contributed by atoms with Crippen molar-refractivity contribution in [1.29, 1.82) is 0 Å². The molecule has 1 aliphatic heterocycles. The number of oxazole rings is 1.